The fraction of sp³-hybridized carbons (Fsp3) is 0.600. The topological polar surface area (TPSA) is 80.7 Å². The van der Waals surface area contributed by atoms with Gasteiger partial charge in [-0.2, -0.15) is 0 Å². The lowest BCUT2D eigenvalue weighted by atomic mass is 10.1. The second-order valence-corrected chi connectivity index (χ2v) is 9.45. The maximum atomic E-state index is 14.7. The van der Waals surface area contributed by atoms with Gasteiger partial charge in [-0.3, -0.25) is 0 Å². The summed E-state index contributed by atoms with van der Waals surface area (Å²) in [4.78, 5) is 29.2. The summed E-state index contributed by atoms with van der Waals surface area (Å²) in [5.74, 6) is -0.156. The number of carbonyl (C=O) groups is 1. The average Bonchev–Trinajstić information content (AvgIpc) is 3.12. The van der Waals surface area contributed by atoms with Crippen LogP contribution in [-0.2, 0) is 9.47 Å². The van der Waals surface area contributed by atoms with Crippen molar-refractivity contribution in [1.29, 1.82) is 0 Å². The molecule has 1 fully saturated rings. The van der Waals surface area contributed by atoms with Crippen molar-refractivity contribution in [3.05, 3.63) is 17.2 Å². The number of fused-ring (bicyclic) bond motifs is 1. The first-order valence-corrected chi connectivity index (χ1v) is 11.4. The minimum absolute atomic E-state index is 0.117. The van der Waals surface area contributed by atoms with Crippen molar-refractivity contribution in [3.63, 3.8) is 0 Å². The Morgan fingerprint density at radius 1 is 1.42 bits per heavy atom. The number of rotatable bonds is 5. The van der Waals surface area contributed by atoms with Crippen LogP contribution in [0.5, 0.6) is 0 Å². The molecule has 3 rings (SSSR count). The van der Waals surface area contributed by atoms with Crippen LogP contribution >= 0.6 is 23.4 Å². The quantitative estimate of drug-likeness (QED) is 0.367. The maximum absolute atomic E-state index is 14.7. The molecule has 0 N–H and O–H groups in total. The molecule has 8 nitrogen and oxygen atoms in total. The third-order valence-corrected chi connectivity index (χ3v) is 5.90. The molecule has 3 heterocycles. The zero-order valence-corrected chi connectivity index (χ0v) is 20.1. The zero-order chi connectivity index (χ0) is 22.9. The number of amides is 1. The molecule has 2 atom stereocenters. The number of anilines is 1. The van der Waals surface area contributed by atoms with Crippen LogP contribution in [0.1, 0.15) is 27.2 Å². The van der Waals surface area contributed by atoms with Gasteiger partial charge >= 0.3 is 6.09 Å². The SMILES string of the molecule is COC[C@@H]1[C@H](N(C)c2nc(SC)nc3c(F)c(Cl)ncc23)CCN1C(=O)OC(C)(C)C. The average molecular weight is 472 g/mol. The Kier molecular flexibility index (Phi) is 7.12. The first-order chi connectivity index (χ1) is 14.6. The molecule has 0 aliphatic carbocycles. The summed E-state index contributed by atoms with van der Waals surface area (Å²) < 4.78 is 25.7. The van der Waals surface area contributed by atoms with Gasteiger partial charge in [-0.05, 0) is 33.4 Å². The number of hydrogen-bond donors (Lipinski definition) is 0. The van der Waals surface area contributed by atoms with Crippen LogP contribution in [0, 0.1) is 5.82 Å². The van der Waals surface area contributed by atoms with Gasteiger partial charge in [0.2, 0.25) is 0 Å². The number of aromatic nitrogens is 3. The Hall–Kier alpha value is -1.91. The lowest BCUT2D eigenvalue weighted by Crippen LogP contribution is -2.49. The summed E-state index contributed by atoms with van der Waals surface area (Å²) in [5, 5.41) is 0.635. The molecule has 1 aliphatic rings. The third-order valence-electron chi connectivity index (χ3n) is 5.09. The van der Waals surface area contributed by atoms with E-state index in [1.807, 2.05) is 39.0 Å². The minimum Gasteiger partial charge on any atom is -0.444 e. The summed E-state index contributed by atoms with van der Waals surface area (Å²) in [7, 11) is 3.46. The predicted octanol–water partition coefficient (Wildman–Crippen LogP) is 4.00. The van der Waals surface area contributed by atoms with Crippen LogP contribution in [0.25, 0.3) is 10.9 Å². The van der Waals surface area contributed by atoms with Gasteiger partial charge in [-0.15, -0.1) is 0 Å². The summed E-state index contributed by atoms with van der Waals surface area (Å²) >= 11 is 7.18. The van der Waals surface area contributed by atoms with Crippen molar-refractivity contribution in [1.82, 2.24) is 19.9 Å². The Labute approximate surface area is 190 Å². The van der Waals surface area contributed by atoms with Gasteiger partial charge in [-0.25, -0.2) is 24.1 Å². The third kappa shape index (κ3) is 4.96. The summed E-state index contributed by atoms with van der Waals surface area (Å²) in [5.41, 5.74) is -0.483. The second kappa shape index (κ2) is 9.30. The van der Waals surface area contributed by atoms with E-state index in [-0.39, 0.29) is 28.8 Å². The molecule has 2 aromatic heterocycles. The summed E-state index contributed by atoms with van der Waals surface area (Å²) in [6.45, 7) is 6.33. The zero-order valence-electron chi connectivity index (χ0n) is 18.5. The first-order valence-electron chi connectivity index (χ1n) is 9.84. The number of likely N-dealkylation sites (N-methyl/N-ethyl adjacent to an activating group) is 1. The van der Waals surface area contributed by atoms with E-state index in [1.54, 1.807) is 12.0 Å². The van der Waals surface area contributed by atoms with E-state index in [0.717, 1.165) is 0 Å². The van der Waals surface area contributed by atoms with Crippen LogP contribution < -0.4 is 4.90 Å². The molecule has 0 aromatic carbocycles. The van der Waals surface area contributed by atoms with E-state index < -0.39 is 11.4 Å². The van der Waals surface area contributed by atoms with Crippen LogP contribution in [-0.4, -0.2) is 77.2 Å². The highest BCUT2D eigenvalue weighted by atomic mass is 35.5. The molecule has 2 aromatic rings. The predicted molar refractivity (Wildman–Crippen MR) is 119 cm³/mol. The Bertz CT molecular complexity index is 974. The number of methoxy groups -OCH3 is 1. The van der Waals surface area contributed by atoms with E-state index in [9.17, 15) is 9.18 Å². The van der Waals surface area contributed by atoms with E-state index in [4.69, 9.17) is 21.1 Å². The molecule has 0 unspecified atom stereocenters. The normalized spacial score (nSPS) is 19.2. The van der Waals surface area contributed by atoms with Crippen LogP contribution in [0.3, 0.4) is 0 Å². The highest BCUT2D eigenvalue weighted by molar-refractivity contribution is 7.98. The number of ether oxygens (including phenoxy) is 2. The van der Waals surface area contributed by atoms with Crippen molar-refractivity contribution in [2.45, 2.75) is 50.0 Å². The Morgan fingerprint density at radius 2 is 2.13 bits per heavy atom. The van der Waals surface area contributed by atoms with E-state index >= 15 is 0 Å². The molecule has 1 saturated heterocycles. The van der Waals surface area contributed by atoms with Crippen molar-refractivity contribution >= 4 is 46.2 Å². The second-order valence-electron chi connectivity index (χ2n) is 8.32. The fourth-order valence-corrected chi connectivity index (χ4v) is 4.22. The molecular formula is C20H27ClFN5O3S. The Balaban J connectivity index is 2.00. The van der Waals surface area contributed by atoms with E-state index in [1.165, 1.54) is 18.0 Å². The number of likely N-dealkylation sites (tertiary alicyclic amines) is 1. The molecule has 0 radical (unpaired) electrons. The van der Waals surface area contributed by atoms with Gasteiger partial charge in [0.15, 0.2) is 16.1 Å². The van der Waals surface area contributed by atoms with Crippen LogP contribution in [0.2, 0.25) is 5.15 Å². The standard InChI is InChI=1S/C20H27ClFN5O3S/c1-20(2,3)30-19(28)27-8-7-12(13(27)10-29-5)26(4)17-11-9-23-16(21)14(22)15(11)24-18(25-17)31-6/h9,12-13H,7-8,10H2,1-6H3/t12-,13-/m1/s1. The number of thioether (sulfide) groups is 1. The smallest absolute Gasteiger partial charge is 0.410 e. The van der Waals surface area contributed by atoms with Crippen molar-refractivity contribution < 1.29 is 18.7 Å². The number of carbonyl (C=O) groups excluding carboxylic acids is 1. The van der Waals surface area contributed by atoms with Gasteiger partial charge in [0, 0.05) is 26.9 Å². The van der Waals surface area contributed by atoms with E-state index in [2.05, 4.69) is 15.0 Å². The Morgan fingerprint density at radius 3 is 2.74 bits per heavy atom. The fourth-order valence-electron chi connectivity index (χ4n) is 3.72. The number of nitrogens with zero attached hydrogens (tertiary/aromatic N) is 5. The van der Waals surface area contributed by atoms with Gasteiger partial charge < -0.3 is 19.3 Å². The van der Waals surface area contributed by atoms with Crippen LogP contribution in [0.4, 0.5) is 15.0 Å². The van der Waals surface area contributed by atoms with Crippen molar-refractivity contribution in [2.24, 2.45) is 0 Å². The molecular weight excluding hydrogens is 445 g/mol. The number of pyridine rings is 1. The molecule has 0 bridgehead atoms. The summed E-state index contributed by atoms with van der Waals surface area (Å²) in [6.07, 6.45) is 3.58. The van der Waals surface area contributed by atoms with E-state index in [0.29, 0.717) is 35.9 Å². The van der Waals surface area contributed by atoms with Crippen LogP contribution in [0.15, 0.2) is 11.4 Å². The minimum atomic E-state index is -0.679. The first kappa shape index (κ1) is 23.7. The number of halogens is 2. The molecule has 1 amide bonds. The van der Waals surface area contributed by atoms with Gasteiger partial charge in [0.05, 0.1) is 24.1 Å². The lowest BCUT2D eigenvalue weighted by molar-refractivity contribution is 0.0136. The highest BCUT2D eigenvalue weighted by Gasteiger charge is 2.42. The lowest BCUT2D eigenvalue weighted by Gasteiger charge is -2.34. The molecule has 31 heavy (non-hydrogen) atoms. The van der Waals surface area contributed by atoms with Gasteiger partial charge in [0.25, 0.3) is 0 Å². The monoisotopic (exact) mass is 471 g/mol. The van der Waals surface area contributed by atoms with Gasteiger partial charge in [-0.1, -0.05) is 23.4 Å². The largest absolute Gasteiger partial charge is 0.444 e. The molecule has 170 valence electrons. The summed E-state index contributed by atoms with van der Waals surface area (Å²) in [6, 6.07) is -0.392. The number of hydrogen-bond acceptors (Lipinski definition) is 8. The van der Waals surface area contributed by atoms with Crippen molar-refractivity contribution in [2.75, 3.05) is 38.5 Å². The van der Waals surface area contributed by atoms with Crippen molar-refractivity contribution in [3.8, 4) is 0 Å². The molecule has 11 heteroatoms. The maximum Gasteiger partial charge on any atom is 0.410 e. The highest BCUT2D eigenvalue weighted by Crippen LogP contribution is 2.33. The van der Waals surface area contributed by atoms with Gasteiger partial charge in [0.1, 0.15) is 16.9 Å². The molecule has 1 aliphatic heterocycles. The molecule has 0 spiro atoms. The molecule has 0 saturated carbocycles.